The van der Waals surface area contributed by atoms with Crippen LogP contribution in [0.2, 0.25) is 0 Å². The number of nitrogens with one attached hydrogen (secondary N) is 1. The lowest BCUT2D eigenvalue weighted by Crippen LogP contribution is -2.54. The summed E-state index contributed by atoms with van der Waals surface area (Å²) < 4.78 is 5.20. The second-order valence-corrected chi connectivity index (χ2v) is 7.93. The Morgan fingerprint density at radius 1 is 1.00 bits per heavy atom. The van der Waals surface area contributed by atoms with Gasteiger partial charge in [0.05, 0.1) is 7.11 Å². The minimum atomic E-state index is -1.13. The summed E-state index contributed by atoms with van der Waals surface area (Å²) in [6.07, 6.45) is 0. The Bertz CT molecular complexity index is 869. The Morgan fingerprint density at radius 2 is 1.66 bits per heavy atom. The third-order valence-corrected chi connectivity index (χ3v) is 5.38. The zero-order valence-electron chi connectivity index (χ0n) is 17.6. The largest absolute Gasteiger partial charge is 0.497 e. The van der Waals surface area contributed by atoms with Crippen LogP contribution in [0.25, 0.3) is 0 Å². The van der Waals surface area contributed by atoms with E-state index in [4.69, 9.17) is 4.74 Å². The van der Waals surface area contributed by atoms with Gasteiger partial charge in [-0.1, -0.05) is 12.1 Å². The molecule has 0 bridgehead atoms. The summed E-state index contributed by atoms with van der Waals surface area (Å²) in [5.74, 6) is 0.395. The molecule has 1 N–H and O–H groups in total. The molecule has 0 atom stereocenters. The summed E-state index contributed by atoms with van der Waals surface area (Å²) in [7, 11) is 1.65. The van der Waals surface area contributed by atoms with Gasteiger partial charge in [-0.15, -0.1) is 0 Å². The van der Waals surface area contributed by atoms with Crippen LogP contribution in [0.1, 0.15) is 19.4 Å². The van der Waals surface area contributed by atoms with Gasteiger partial charge >= 0.3 is 0 Å². The highest BCUT2D eigenvalue weighted by Gasteiger charge is 2.40. The molecule has 0 radical (unpaired) electrons. The lowest BCUT2D eigenvalue weighted by molar-refractivity contribution is -0.146. The molecule has 6 heteroatoms. The number of anilines is 2. The van der Waals surface area contributed by atoms with E-state index in [1.165, 1.54) is 0 Å². The van der Waals surface area contributed by atoms with E-state index in [-0.39, 0.29) is 11.8 Å². The monoisotopic (exact) mass is 395 g/mol. The van der Waals surface area contributed by atoms with Crippen LogP contribution in [-0.2, 0) is 9.59 Å². The average Bonchev–Trinajstić information content (AvgIpc) is 2.73. The number of benzene rings is 2. The van der Waals surface area contributed by atoms with Gasteiger partial charge in [0.2, 0.25) is 11.8 Å². The van der Waals surface area contributed by atoms with Crippen LogP contribution in [0, 0.1) is 12.3 Å². The molecule has 1 aliphatic heterocycles. The van der Waals surface area contributed by atoms with E-state index in [2.05, 4.69) is 10.2 Å². The number of piperazine rings is 1. The fourth-order valence-corrected chi connectivity index (χ4v) is 3.46. The quantitative estimate of drug-likeness (QED) is 0.789. The second kappa shape index (κ2) is 8.55. The Kier molecular flexibility index (Phi) is 6.11. The lowest BCUT2D eigenvalue weighted by Gasteiger charge is -2.39. The fourth-order valence-electron chi connectivity index (χ4n) is 3.46. The van der Waals surface area contributed by atoms with Gasteiger partial charge in [-0.05, 0) is 62.7 Å². The number of carbonyl (C=O) groups is 2. The van der Waals surface area contributed by atoms with Crippen LogP contribution in [-0.4, -0.2) is 50.0 Å². The summed E-state index contributed by atoms with van der Waals surface area (Å²) in [5, 5.41) is 2.88. The van der Waals surface area contributed by atoms with E-state index >= 15 is 0 Å². The van der Waals surface area contributed by atoms with Crippen molar-refractivity contribution in [1.82, 2.24) is 4.90 Å². The highest BCUT2D eigenvalue weighted by molar-refractivity contribution is 6.09. The van der Waals surface area contributed by atoms with Gasteiger partial charge in [0.1, 0.15) is 11.2 Å². The highest BCUT2D eigenvalue weighted by atomic mass is 16.5. The molecular formula is C23H29N3O3. The molecule has 6 nitrogen and oxygen atoms in total. The van der Waals surface area contributed by atoms with E-state index in [1.807, 2.05) is 55.5 Å². The third kappa shape index (κ3) is 4.70. The average molecular weight is 396 g/mol. The number of ether oxygens (including phenoxy) is 1. The molecule has 1 saturated heterocycles. The molecular weight excluding hydrogens is 366 g/mol. The first kappa shape index (κ1) is 20.7. The first-order valence-corrected chi connectivity index (χ1v) is 9.88. The normalized spacial score (nSPS) is 14.5. The maximum Gasteiger partial charge on any atom is 0.239 e. The van der Waals surface area contributed by atoms with Crippen molar-refractivity contribution in [2.45, 2.75) is 20.8 Å². The van der Waals surface area contributed by atoms with Crippen molar-refractivity contribution in [3.8, 4) is 5.75 Å². The minimum Gasteiger partial charge on any atom is -0.497 e. The number of carbonyl (C=O) groups excluding carboxylic acids is 2. The van der Waals surface area contributed by atoms with Gasteiger partial charge in [-0.3, -0.25) is 9.59 Å². The third-order valence-electron chi connectivity index (χ3n) is 5.38. The Labute approximate surface area is 172 Å². The van der Waals surface area contributed by atoms with Crippen molar-refractivity contribution in [3.05, 3.63) is 54.1 Å². The highest BCUT2D eigenvalue weighted by Crippen LogP contribution is 2.25. The molecule has 154 valence electrons. The van der Waals surface area contributed by atoms with Crippen LogP contribution < -0.4 is 15.0 Å². The number of amides is 2. The van der Waals surface area contributed by atoms with Gasteiger partial charge in [-0.2, -0.15) is 0 Å². The smallest absolute Gasteiger partial charge is 0.239 e. The summed E-state index contributed by atoms with van der Waals surface area (Å²) in [6.45, 7) is 7.99. The van der Waals surface area contributed by atoms with Crippen LogP contribution >= 0.6 is 0 Å². The Morgan fingerprint density at radius 3 is 2.24 bits per heavy atom. The molecule has 1 heterocycles. The number of methoxy groups -OCH3 is 1. The molecule has 2 aromatic carbocycles. The lowest BCUT2D eigenvalue weighted by atomic mass is 9.89. The van der Waals surface area contributed by atoms with Crippen molar-refractivity contribution >= 4 is 23.2 Å². The number of nitrogens with zero attached hydrogens (tertiary/aromatic N) is 2. The molecule has 0 spiro atoms. The zero-order valence-corrected chi connectivity index (χ0v) is 17.6. The van der Waals surface area contributed by atoms with E-state index < -0.39 is 5.41 Å². The van der Waals surface area contributed by atoms with Gasteiger partial charge in [0.25, 0.3) is 0 Å². The molecule has 0 unspecified atom stereocenters. The summed E-state index contributed by atoms with van der Waals surface area (Å²) in [6, 6.07) is 15.5. The molecule has 0 saturated carbocycles. The van der Waals surface area contributed by atoms with E-state index in [0.29, 0.717) is 18.8 Å². The summed E-state index contributed by atoms with van der Waals surface area (Å²) in [4.78, 5) is 29.9. The molecule has 3 rings (SSSR count). The van der Waals surface area contributed by atoms with Crippen molar-refractivity contribution in [1.29, 1.82) is 0 Å². The van der Waals surface area contributed by atoms with Crippen LogP contribution in [0.3, 0.4) is 0 Å². The predicted octanol–water partition coefficient (Wildman–Crippen LogP) is 3.32. The SMILES string of the molecule is COc1ccc(N2CCN(C(=O)C(C)(C)C(=O)Nc3cccc(C)c3)CC2)cc1. The van der Waals surface area contributed by atoms with Gasteiger partial charge in [0, 0.05) is 37.6 Å². The summed E-state index contributed by atoms with van der Waals surface area (Å²) in [5.41, 5.74) is 1.74. The molecule has 1 aliphatic rings. The molecule has 2 amide bonds. The maximum absolute atomic E-state index is 13.1. The van der Waals surface area contributed by atoms with Crippen LogP contribution in [0.4, 0.5) is 11.4 Å². The molecule has 1 fully saturated rings. The molecule has 0 aromatic heterocycles. The number of rotatable bonds is 5. The molecule has 29 heavy (non-hydrogen) atoms. The first-order valence-electron chi connectivity index (χ1n) is 9.88. The predicted molar refractivity (Wildman–Crippen MR) is 115 cm³/mol. The van der Waals surface area contributed by atoms with E-state index in [1.54, 1.807) is 25.9 Å². The van der Waals surface area contributed by atoms with Crippen LogP contribution in [0.5, 0.6) is 5.75 Å². The fraction of sp³-hybridized carbons (Fsp3) is 0.391. The maximum atomic E-state index is 13.1. The van der Waals surface area contributed by atoms with Gasteiger partial charge < -0.3 is 19.9 Å². The second-order valence-electron chi connectivity index (χ2n) is 7.93. The van der Waals surface area contributed by atoms with Gasteiger partial charge in [-0.25, -0.2) is 0 Å². The zero-order chi connectivity index (χ0) is 21.0. The van der Waals surface area contributed by atoms with Crippen molar-refractivity contribution in [2.24, 2.45) is 5.41 Å². The van der Waals surface area contributed by atoms with Crippen molar-refractivity contribution < 1.29 is 14.3 Å². The number of hydrogen-bond acceptors (Lipinski definition) is 4. The molecule has 0 aliphatic carbocycles. The standard InChI is InChI=1S/C23H29N3O3/c1-17-6-5-7-18(16-17)24-21(27)23(2,3)22(28)26-14-12-25(13-15-26)19-8-10-20(29-4)11-9-19/h5-11,16H,12-15H2,1-4H3,(H,24,27). The topological polar surface area (TPSA) is 61.9 Å². The first-order chi connectivity index (χ1) is 13.8. The van der Waals surface area contributed by atoms with E-state index in [9.17, 15) is 9.59 Å². The van der Waals surface area contributed by atoms with Crippen LogP contribution in [0.15, 0.2) is 48.5 Å². The van der Waals surface area contributed by atoms with Crippen molar-refractivity contribution in [3.63, 3.8) is 0 Å². The molecule has 2 aromatic rings. The minimum absolute atomic E-state index is 0.142. The number of hydrogen-bond donors (Lipinski definition) is 1. The number of aryl methyl sites for hydroxylation is 1. The Balaban J connectivity index is 1.60. The Hall–Kier alpha value is -3.02. The van der Waals surface area contributed by atoms with E-state index in [0.717, 1.165) is 30.1 Å². The van der Waals surface area contributed by atoms with Crippen molar-refractivity contribution in [2.75, 3.05) is 43.5 Å². The van der Waals surface area contributed by atoms with Gasteiger partial charge in [0.15, 0.2) is 0 Å². The summed E-state index contributed by atoms with van der Waals surface area (Å²) >= 11 is 0.